The van der Waals surface area contributed by atoms with E-state index in [9.17, 15) is 0 Å². The molecule has 0 aliphatic carbocycles. The van der Waals surface area contributed by atoms with Crippen molar-refractivity contribution in [1.29, 1.82) is 0 Å². The summed E-state index contributed by atoms with van der Waals surface area (Å²) in [6.07, 6.45) is 1.74. The van der Waals surface area contributed by atoms with Gasteiger partial charge in [-0.3, -0.25) is 0 Å². The number of halogens is 1. The van der Waals surface area contributed by atoms with E-state index < -0.39 is 0 Å². The normalized spacial score (nSPS) is 13.2. The fourth-order valence-electron chi connectivity index (χ4n) is 2.12. The second-order valence-electron chi connectivity index (χ2n) is 4.27. The zero-order valence-corrected chi connectivity index (χ0v) is 10.9. The summed E-state index contributed by atoms with van der Waals surface area (Å²) in [6, 6.07) is 7.94. The molecule has 2 heterocycles. The molecule has 0 atom stereocenters. The maximum absolute atomic E-state index is 6.02. The predicted octanol–water partition coefficient (Wildman–Crippen LogP) is 3.29. The molecule has 1 aliphatic rings. The molecule has 1 aromatic carbocycles. The molecule has 92 valence electrons. The van der Waals surface area contributed by atoms with Crippen molar-refractivity contribution in [3.8, 4) is 17.0 Å². The number of hydrogen-bond donors (Lipinski definition) is 0. The van der Waals surface area contributed by atoms with Gasteiger partial charge >= 0.3 is 0 Å². The number of benzene rings is 1. The van der Waals surface area contributed by atoms with Crippen molar-refractivity contribution < 1.29 is 4.74 Å². The van der Waals surface area contributed by atoms with E-state index in [2.05, 4.69) is 16.0 Å². The number of aromatic nitrogens is 2. The summed E-state index contributed by atoms with van der Waals surface area (Å²) in [7, 11) is 0. The first-order valence-corrected chi connectivity index (χ1v) is 6.43. The number of rotatable bonds is 2. The van der Waals surface area contributed by atoms with Crippen LogP contribution in [0.4, 0.5) is 0 Å². The minimum Gasteiger partial charge on any atom is -0.493 e. The molecule has 2 aromatic rings. The summed E-state index contributed by atoms with van der Waals surface area (Å²) in [5.41, 5.74) is 3.18. The second-order valence-corrected chi connectivity index (χ2v) is 4.65. The predicted molar refractivity (Wildman–Crippen MR) is 71.1 cm³/mol. The van der Waals surface area contributed by atoms with Crippen molar-refractivity contribution in [3.05, 3.63) is 40.8 Å². The number of fused-ring (bicyclic) bond motifs is 1. The van der Waals surface area contributed by atoms with Gasteiger partial charge in [0.1, 0.15) is 16.7 Å². The number of aryl methyl sites for hydroxylation is 1. The minimum atomic E-state index is 0.494. The fourth-order valence-corrected chi connectivity index (χ4v) is 2.32. The van der Waals surface area contributed by atoms with Crippen molar-refractivity contribution in [2.24, 2.45) is 0 Å². The van der Waals surface area contributed by atoms with E-state index in [0.717, 1.165) is 42.3 Å². The minimum absolute atomic E-state index is 0.494. The lowest BCUT2D eigenvalue weighted by molar-refractivity contribution is 0.357. The number of ether oxygens (including phenoxy) is 1. The Morgan fingerprint density at radius 2 is 2.17 bits per heavy atom. The molecule has 0 saturated carbocycles. The van der Waals surface area contributed by atoms with E-state index in [1.807, 2.05) is 19.1 Å². The van der Waals surface area contributed by atoms with Crippen LogP contribution < -0.4 is 4.74 Å². The Morgan fingerprint density at radius 3 is 3.00 bits per heavy atom. The van der Waals surface area contributed by atoms with E-state index in [1.165, 1.54) is 5.56 Å². The lowest BCUT2D eigenvalue weighted by Gasteiger charge is -2.06. The van der Waals surface area contributed by atoms with Crippen molar-refractivity contribution in [1.82, 2.24) is 9.97 Å². The Balaban J connectivity index is 2.06. The fraction of sp³-hybridized carbons (Fsp3) is 0.286. The standard InChI is InChI=1S/C14H13ClN2O/c1-2-14-16-11(8-13(15)17-14)9-3-4-12-10(7-9)5-6-18-12/h3-4,7-8H,2,5-6H2,1H3. The number of hydrogen-bond acceptors (Lipinski definition) is 3. The molecule has 3 nitrogen and oxygen atoms in total. The summed E-state index contributed by atoms with van der Waals surface area (Å²) in [4.78, 5) is 8.69. The average Bonchev–Trinajstić information content (AvgIpc) is 2.85. The highest BCUT2D eigenvalue weighted by atomic mass is 35.5. The van der Waals surface area contributed by atoms with Crippen LogP contribution in [0.15, 0.2) is 24.3 Å². The topological polar surface area (TPSA) is 35.0 Å². The van der Waals surface area contributed by atoms with Crippen molar-refractivity contribution >= 4 is 11.6 Å². The van der Waals surface area contributed by atoms with Gasteiger partial charge in [-0.15, -0.1) is 0 Å². The molecular weight excluding hydrogens is 248 g/mol. The van der Waals surface area contributed by atoms with E-state index in [0.29, 0.717) is 5.15 Å². The molecular formula is C14H13ClN2O. The molecule has 0 unspecified atom stereocenters. The largest absolute Gasteiger partial charge is 0.493 e. The Morgan fingerprint density at radius 1 is 1.28 bits per heavy atom. The van der Waals surface area contributed by atoms with Gasteiger partial charge < -0.3 is 4.74 Å². The molecule has 0 spiro atoms. The van der Waals surface area contributed by atoms with Crippen molar-refractivity contribution in [3.63, 3.8) is 0 Å². The average molecular weight is 261 g/mol. The van der Waals surface area contributed by atoms with Crippen LogP contribution in [0, 0.1) is 0 Å². The van der Waals surface area contributed by atoms with Crippen LogP contribution in [0.1, 0.15) is 18.3 Å². The van der Waals surface area contributed by atoms with Crippen LogP contribution in [-0.4, -0.2) is 16.6 Å². The summed E-state index contributed by atoms with van der Waals surface area (Å²) in [5.74, 6) is 1.75. The maximum atomic E-state index is 6.02. The van der Waals surface area contributed by atoms with E-state index in [4.69, 9.17) is 16.3 Å². The summed E-state index contributed by atoms with van der Waals surface area (Å²) >= 11 is 6.02. The Kier molecular flexibility index (Phi) is 2.92. The first kappa shape index (κ1) is 11.5. The molecule has 0 amide bonds. The molecule has 0 saturated heterocycles. The van der Waals surface area contributed by atoms with Gasteiger partial charge in [-0.05, 0) is 23.8 Å². The molecule has 1 aliphatic heterocycles. The Bertz CT molecular complexity index is 598. The highest BCUT2D eigenvalue weighted by molar-refractivity contribution is 6.29. The molecule has 0 bridgehead atoms. The third-order valence-electron chi connectivity index (χ3n) is 3.04. The van der Waals surface area contributed by atoms with Gasteiger partial charge in [-0.1, -0.05) is 18.5 Å². The Labute approximate surface area is 111 Å². The van der Waals surface area contributed by atoms with Gasteiger partial charge in [0.25, 0.3) is 0 Å². The first-order chi connectivity index (χ1) is 8.76. The third-order valence-corrected chi connectivity index (χ3v) is 3.24. The van der Waals surface area contributed by atoms with Crippen LogP contribution in [0.3, 0.4) is 0 Å². The zero-order chi connectivity index (χ0) is 12.5. The van der Waals surface area contributed by atoms with Crippen LogP contribution in [0.25, 0.3) is 11.3 Å². The summed E-state index contributed by atoms with van der Waals surface area (Å²) in [5, 5.41) is 0.494. The van der Waals surface area contributed by atoms with Gasteiger partial charge in [-0.25, -0.2) is 9.97 Å². The lowest BCUT2D eigenvalue weighted by atomic mass is 10.1. The maximum Gasteiger partial charge on any atom is 0.133 e. The SMILES string of the molecule is CCc1nc(Cl)cc(-c2ccc3c(c2)CCO3)n1. The zero-order valence-electron chi connectivity index (χ0n) is 10.1. The van der Waals surface area contributed by atoms with Crippen LogP contribution in [0.2, 0.25) is 5.15 Å². The first-order valence-electron chi connectivity index (χ1n) is 6.06. The van der Waals surface area contributed by atoms with Crippen molar-refractivity contribution in [2.75, 3.05) is 6.61 Å². The van der Waals surface area contributed by atoms with E-state index in [1.54, 1.807) is 6.07 Å². The number of nitrogens with zero attached hydrogens (tertiary/aromatic N) is 2. The monoisotopic (exact) mass is 260 g/mol. The smallest absolute Gasteiger partial charge is 0.133 e. The molecule has 18 heavy (non-hydrogen) atoms. The highest BCUT2D eigenvalue weighted by Gasteiger charge is 2.13. The van der Waals surface area contributed by atoms with Gasteiger partial charge in [0, 0.05) is 24.5 Å². The third kappa shape index (κ3) is 2.06. The van der Waals surface area contributed by atoms with Gasteiger partial charge in [0.05, 0.1) is 12.3 Å². The van der Waals surface area contributed by atoms with Crippen LogP contribution in [0.5, 0.6) is 5.75 Å². The van der Waals surface area contributed by atoms with Crippen molar-refractivity contribution in [2.45, 2.75) is 19.8 Å². The molecule has 3 rings (SSSR count). The van der Waals surface area contributed by atoms with Crippen LogP contribution in [-0.2, 0) is 12.8 Å². The van der Waals surface area contributed by atoms with Gasteiger partial charge in [0.15, 0.2) is 0 Å². The second kappa shape index (κ2) is 4.58. The molecule has 1 aromatic heterocycles. The molecule has 4 heteroatoms. The van der Waals surface area contributed by atoms with E-state index >= 15 is 0 Å². The lowest BCUT2D eigenvalue weighted by Crippen LogP contribution is -1.95. The highest BCUT2D eigenvalue weighted by Crippen LogP contribution is 2.30. The summed E-state index contributed by atoms with van der Waals surface area (Å²) < 4.78 is 5.50. The van der Waals surface area contributed by atoms with Crippen LogP contribution >= 0.6 is 11.6 Å². The molecule has 0 fully saturated rings. The van der Waals surface area contributed by atoms with E-state index in [-0.39, 0.29) is 0 Å². The Hall–Kier alpha value is -1.61. The quantitative estimate of drug-likeness (QED) is 0.777. The van der Waals surface area contributed by atoms with Gasteiger partial charge in [0.2, 0.25) is 0 Å². The molecule has 0 N–H and O–H groups in total. The van der Waals surface area contributed by atoms with Gasteiger partial charge in [-0.2, -0.15) is 0 Å². The summed E-state index contributed by atoms with van der Waals surface area (Å²) in [6.45, 7) is 2.79. The molecule has 0 radical (unpaired) electrons.